The van der Waals surface area contributed by atoms with Crippen LogP contribution in [-0.4, -0.2) is 51.8 Å². The second kappa shape index (κ2) is 7.48. The van der Waals surface area contributed by atoms with E-state index < -0.39 is 5.60 Å². The van der Waals surface area contributed by atoms with Gasteiger partial charge in [0, 0.05) is 32.0 Å². The van der Waals surface area contributed by atoms with E-state index in [1.165, 1.54) is 10.9 Å². The third-order valence-corrected chi connectivity index (χ3v) is 3.74. The number of nitrogens with one attached hydrogen (secondary N) is 1. The monoisotopic (exact) mass is 322 g/mol. The Kier molecular flexibility index (Phi) is 5.63. The molecule has 1 aromatic rings. The second-order valence-electron chi connectivity index (χ2n) is 6.92. The number of rotatable bonds is 3. The van der Waals surface area contributed by atoms with Crippen LogP contribution < -0.4 is 5.32 Å². The van der Waals surface area contributed by atoms with Gasteiger partial charge in [0.2, 0.25) is 0 Å². The fourth-order valence-electron chi connectivity index (χ4n) is 2.70. The van der Waals surface area contributed by atoms with Crippen molar-refractivity contribution in [3.05, 3.63) is 18.7 Å². The summed E-state index contributed by atoms with van der Waals surface area (Å²) in [4.78, 5) is 29.7. The summed E-state index contributed by atoms with van der Waals surface area (Å²) >= 11 is 0. The van der Waals surface area contributed by atoms with Crippen molar-refractivity contribution in [1.82, 2.24) is 19.8 Å². The van der Waals surface area contributed by atoms with Crippen molar-refractivity contribution in [2.45, 2.75) is 45.6 Å². The number of aromatic nitrogens is 2. The van der Waals surface area contributed by atoms with Gasteiger partial charge in [0.15, 0.2) is 0 Å². The normalized spacial score (nSPS) is 18.6. The summed E-state index contributed by atoms with van der Waals surface area (Å²) < 4.78 is 6.71. The van der Waals surface area contributed by atoms with E-state index in [1.54, 1.807) is 12.4 Å². The van der Waals surface area contributed by atoms with Crippen LogP contribution in [-0.2, 0) is 4.74 Å². The van der Waals surface area contributed by atoms with E-state index in [0.29, 0.717) is 19.0 Å². The number of nitrogens with zero attached hydrogens (tertiary/aromatic N) is 3. The highest BCUT2D eigenvalue weighted by Crippen LogP contribution is 2.20. The molecule has 1 aliphatic heterocycles. The first kappa shape index (κ1) is 17.3. The predicted molar refractivity (Wildman–Crippen MR) is 86.2 cm³/mol. The molecule has 1 atom stereocenters. The molecule has 1 aromatic heterocycles. The molecular weight excluding hydrogens is 296 g/mol. The van der Waals surface area contributed by atoms with Crippen LogP contribution in [0.25, 0.3) is 0 Å². The topological polar surface area (TPSA) is 76.5 Å². The Morgan fingerprint density at radius 3 is 2.83 bits per heavy atom. The minimum Gasteiger partial charge on any atom is -0.444 e. The number of hydrogen-bond donors (Lipinski definition) is 1. The number of hydrogen-bond acceptors (Lipinski definition) is 4. The molecule has 7 heteroatoms. The van der Waals surface area contributed by atoms with Crippen LogP contribution in [0, 0.1) is 5.92 Å². The molecule has 7 nitrogen and oxygen atoms in total. The van der Waals surface area contributed by atoms with E-state index in [4.69, 9.17) is 4.74 Å². The SMILES string of the molecule is CC(C)(C)OC(=O)NCCC1CCCN(C(=O)n2ccnc2)C1. The van der Waals surface area contributed by atoms with Crippen molar-refractivity contribution in [2.24, 2.45) is 5.92 Å². The molecule has 1 N–H and O–H groups in total. The number of imidazole rings is 1. The van der Waals surface area contributed by atoms with Crippen molar-refractivity contribution in [1.29, 1.82) is 0 Å². The molecule has 0 aromatic carbocycles. The average molecular weight is 322 g/mol. The Morgan fingerprint density at radius 2 is 2.17 bits per heavy atom. The molecule has 1 unspecified atom stereocenters. The lowest BCUT2D eigenvalue weighted by atomic mass is 9.95. The first-order chi connectivity index (χ1) is 10.8. The van der Waals surface area contributed by atoms with E-state index in [2.05, 4.69) is 10.3 Å². The van der Waals surface area contributed by atoms with Crippen molar-refractivity contribution in [2.75, 3.05) is 19.6 Å². The lowest BCUT2D eigenvalue weighted by Gasteiger charge is -2.32. The predicted octanol–water partition coefficient (Wildman–Crippen LogP) is 2.48. The summed E-state index contributed by atoms with van der Waals surface area (Å²) in [5.41, 5.74) is -0.483. The molecule has 0 radical (unpaired) electrons. The van der Waals surface area contributed by atoms with Gasteiger partial charge in [-0.25, -0.2) is 14.6 Å². The largest absolute Gasteiger partial charge is 0.444 e. The maximum Gasteiger partial charge on any atom is 0.407 e. The van der Waals surface area contributed by atoms with Crippen molar-refractivity contribution < 1.29 is 14.3 Å². The van der Waals surface area contributed by atoms with Gasteiger partial charge < -0.3 is 15.0 Å². The molecule has 23 heavy (non-hydrogen) atoms. The smallest absolute Gasteiger partial charge is 0.407 e. The van der Waals surface area contributed by atoms with Gasteiger partial charge in [-0.15, -0.1) is 0 Å². The zero-order chi connectivity index (χ0) is 16.9. The van der Waals surface area contributed by atoms with Gasteiger partial charge in [0.1, 0.15) is 11.9 Å². The van der Waals surface area contributed by atoms with Gasteiger partial charge in [0.25, 0.3) is 0 Å². The zero-order valence-electron chi connectivity index (χ0n) is 14.1. The Morgan fingerprint density at radius 1 is 1.39 bits per heavy atom. The molecule has 0 aliphatic carbocycles. The first-order valence-electron chi connectivity index (χ1n) is 8.09. The Balaban J connectivity index is 1.74. The quantitative estimate of drug-likeness (QED) is 0.927. The van der Waals surface area contributed by atoms with Gasteiger partial charge >= 0.3 is 12.1 Å². The number of carbonyl (C=O) groups excluding carboxylic acids is 2. The molecule has 1 aliphatic rings. The highest BCUT2D eigenvalue weighted by molar-refractivity contribution is 5.76. The second-order valence-corrected chi connectivity index (χ2v) is 6.92. The minimum atomic E-state index is -0.483. The van der Waals surface area contributed by atoms with Crippen LogP contribution in [0.15, 0.2) is 18.7 Å². The number of carbonyl (C=O) groups is 2. The van der Waals surface area contributed by atoms with Crippen molar-refractivity contribution in [3.8, 4) is 0 Å². The Bertz CT molecular complexity index is 522. The molecular formula is C16H26N4O3. The van der Waals surface area contributed by atoms with Crippen molar-refractivity contribution >= 4 is 12.1 Å². The van der Waals surface area contributed by atoms with Gasteiger partial charge in [-0.3, -0.25) is 4.57 Å². The van der Waals surface area contributed by atoms with Crippen molar-refractivity contribution in [3.63, 3.8) is 0 Å². The molecule has 1 saturated heterocycles. The molecule has 128 valence electrons. The van der Waals surface area contributed by atoms with Gasteiger partial charge in [-0.2, -0.15) is 0 Å². The van der Waals surface area contributed by atoms with Gasteiger partial charge in [0.05, 0.1) is 0 Å². The molecule has 0 bridgehead atoms. The standard InChI is InChI=1S/C16H26N4O3/c1-16(2,3)23-14(21)18-7-6-13-5-4-9-19(11-13)15(22)20-10-8-17-12-20/h8,10,12-13H,4-7,9,11H2,1-3H3,(H,18,21). The zero-order valence-corrected chi connectivity index (χ0v) is 14.1. The molecule has 2 rings (SSSR count). The van der Waals surface area contributed by atoms with E-state index in [-0.39, 0.29) is 12.1 Å². The Labute approximate surface area is 137 Å². The summed E-state index contributed by atoms with van der Waals surface area (Å²) in [5, 5.41) is 2.78. The summed E-state index contributed by atoms with van der Waals surface area (Å²) in [5.74, 6) is 0.395. The van der Waals surface area contributed by atoms with Crippen LogP contribution in [0.3, 0.4) is 0 Å². The molecule has 2 amide bonds. The summed E-state index contributed by atoms with van der Waals surface area (Å²) in [6.45, 7) is 7.57. The fraction of sp³-hybridized carbons (Fsp3) is 0.688. The Hall–Kier alpha value is -2.05. The summed E-state index contributed by atoms with van der Waals surface area (Å²) in [6, 6.07) is -0.0349. The lowest BCUT2D eigenvalue weighted by Crippen LogP contribution is -2.42. The maximum absolute atomic E-state index is 12.3. The lowest BCUT2D eigenvalue weighted by molar-refractivity contribution is 0.0522. The first-order valence-corrected chi connectivity index (χ1v) is 8.09. The van der Waals surface area contributed by atoms with Crippen LogP contribution in [0.4, 0.5) is 9.59 Å². The van der Waals surface area contributed by atoms with Crippen LogP contribution in [0.2, 0.25) is 0 Å². The van der Waals surface area contributed by atoms with E-state index >= 15 is 0 Å². The highest BCUT2D eigenvalue weighted by atomic mass is 16.6. The number of amides is 2. The molecule has 2 heterocycles. The fourth-order valence-corrected chi connectivity index (χ4v) is 2.70. The van der Waals surface area contributed by atoms with Gasteiger partial charge in [-0.05, 0) is 46.0 Å². The minimum absolute atomic E-state index is 0.0349. The number of ether oxygens (including phenoxy) is 1. The van der Waals surface area contributed by atoms with E-state index in [9.17, 15) is 9.59 Å². The molecule has 1 fully saturated rings. The van der Waals surface area contributed by atoms with Gasteiger partial charge in [-0.1, -0.05) is 0 Å². The molecule has 0 spiro atoms. The maximum atomic E-state index is 12.3. The third kappa shape index (κ3) is 5.58. The van der Waals surface area contributed by atoms with E-state index in [1.807, 2.05) is 25.7 Å². The third-order valence-electron chi connectivity index (χ3n) is 3.74. The number of piperidine rings is 1. The van der Waals surface area contributed by atoms with Crippen LogP contribution in [0.5, 0.6) is 0 Å². The van der Waals surface area contributed by atoms with Crippen LogP contribution in [0.1, 0.15) is 40.0 Å². The average Bonchev–Trinajstić information content (AvgIpc) is 2.99. The van der Waals surface area contributed by atoms with E-state index in [0.717, 1.165) is 25.8 Å². The summed E-state index contributed by atoms with van der Waals surface area (Å²) in [7, 11) is 0. The number of alkyl carbamates (subject to hydrolysis) is 1. The van der Waals surface area contributed by atoms with Crippen LogP contribution >= 0.6 is 0 Å². The highest BCUT2D eigenvalue weighted by Gasteiger charge is 2.24. The number of likely N-dealkylation sites (tertiary alicyclic amines) is 1. The molecule has 0 saturated carbocycles. The summed E-state index contributed by atoms with van der Waals surface area (Å²) in [6.07, 6.45) is 7.30.